The first kappa shape index (κ1) is 15.1. The Morgan fingerprint density at radius 1 is 1.33 bits per heavy atom. The number of ether oxygens (including phenoxy) is 1. The van der Waals surface area contributed by atoms with Crippen molar-refractivity contribution < 1.29 is 9.66 Å². The van der Waals surface area contributed by atoms with Gasteiger partial charge in [0.05, 0.1) is 9.95 Å². The summed E-state index contributed by atoms with van der Waals surface area (Å²) in [6.45, 7) is 2.17. The van der Waals surface area contributed by atoms with Crippen molar-refractivity contribution in [2.75, 3.05) is 5.43 Å². The molecule has 0 saturated heterocycles. The molecular weight excluding hydrogens is 294 g/mol. The predicted octanol–water partition coefficient (Wildman–Crippen LogP) is 3.42. The van der Waals surface area contributed by atoms with Crippen molar-refractivity contribution in [2.24, 2.45) is 5.84 Å². The summed E-state index contributed by atoms with van der Waals surface area (Å²) in [6, 6.07) is 10.0. The van der Waals surface area contributed by atoms with Crippen LogP contribution in [0.3, 0.4) is 0 Å². The van der Waals surface area contributed by atoms with Gasteiger partial charge in [-0.2, -0.15) is 0 Å². The van der Waals surface area contributed by atoms with Gasteiger partial charge in [-0.25, -0.2) is 0 Å². The van der Waals surface area contributed by atoms with Gasteiger partial charge in [0.15, 0.2) is 0 Å². The molecule has 6 nitrogen and oxygen atoms in total. The van der Waals surface area contributed by atoms with Crippen LogP contribution in [0.15, 0.2) is 36.4 Å². The minimum Gasteiger partial charge on any atom is -0.487 e. The molecule has 2 aromatic rings. The van der Waals surface area contributed by atoms with E-state index >= 15 is 0 Å². The van der Waals surface area contributed by atoms with Gasteiger partial charge in [0.2, 0.25) is 0 Å². The summed E-state index contributed by atoms with van der Waals surface area (Å²) in [5, 5.41) is 11.3. The third-order valence-electron chi connectivity index (χ3n) is 2.89. The van der Waals surface area contributed by atoms with Crippen LogP contribution in [0.4, 0.5) is 11.4 Å². The number of nitrogens with two attached hydrogens (primary N) is 1. The van der Waals surface area contributed by atoms with Crippen LogP contribution < -0.4 is 16.0 Å². The van der Waals surface area contributed by atoms with Crippen molar-refractivity contribution >= 4 is 23.0 Å². The topological polar surface area (TPSA) is 90.4 Å². The molecule has 0 atom stereocenters. The molecule has 0 aromatic heterocycles. The number of hydrogen-bond donors (Lipinski definition) is 2. The zero-order valence-electron chi connectivity index (χ0n) is 11.3. The molecule has 110 valence electrons. The number of nitrogens with zero attached hydrogens (tertiary/aromatic N) is 1. The summed E-state index contributed by atoms with van der Waals surface area (Å²) in [4.78, 5) is 10.3. The first-order chi connectivity index (χ1) is 10.0. The van der Waals surface area contributed by atoms with Gasteiger partial charge in [0.25, 0.3) is 5.69 Å². The van der Waals surface area contributed by atoms with Gasteiger partial charge in [-0.15, -0.1) is 0 Å². The maximum absolute atomic E-state index is 10.8. The summed E-state index contributed by atoms with van der Waals surface area (Å²) in [5.74, 6) is 5.85. The molecule has 2 rings (SSSR count). The Hall–Kier alpha value is -2.31. The monoisotopic (exact) mass is 307 g/mol. The Bertz CT molecular complexity index is 677. The molecule has 0 amide bonds. The number of anilines is 1. The quantitative estimate of drug-likeness (QED) is 0.502. The van der Waals surface area contributed by atoms with Crippen molar-refractivity contribution in [1.29, 1.82) is 0 Å². The number of rotatable bonds is 5. The molecular formula is C14H14ClN3O3. The molecule has 0 heterocycles. The minimum atomic E-state index is -0.503. The maximum atomic E-state index is 10.8. The predicted molar refractivity (Wildman–Crippen MR) is 81.4 cm³/mol. The Kier molecular flexibility index (Phi) is 4.62. The second-order valence-corrected chi connectivity index (χ2v) is 4.88. The molecule has 0 aliphatic heterocycles. The van der Waals surface area contributed by atoms with Gasteiger partial charge in [0.1, 0.15) is 18.0 Å². The smallest absolute Gasteiger partial charge is 0.293 e. The van der Waals surface area contributed by atoms with E-state index in [2.05, 4.69) is 5.43 Å². The number of benzene rings is 2. The number of hydrogen-bond acceptors (Lipinski definition) is 5. The number of aryl methyl sites for hydroxylation is 1. The molecule has 0 fully saturated rings. The summed E-state index contributed by atoms with van der Waals surface area (Å²) in [6.07, 6.45) is 0. The van der Waals surface area contributed by atoms with E-state index in [1.165, 1.54) is 6.07 Å². The first-order valence-electron chi connectivity index (χ1n) is 6.14. The molecule has 7 heteroatoms. The van der Waals surface area contributed by atoms with Crippen molar-refractivity contribution in [1.82, 2.24) is 0 Å². The highest BCUT2D eigenvalue weighted by Gasteiger charge is 2.13. The highest BCUT2D eigenvalue weighted by atomic mass is 35.5. The third kappa shape index (κ3) is 3.62. The fraction of sp³-hybridized carbons (Fsp3) is 0.143. The standard InChI is InChI=1S/C14H14ClN3O3/c1-9-2-5-14(11(15)6-9)21-8-10-3-4-13(18(19)20)12(7-10)17-16/h2-7,17H,8,16H2,1H3. The zero-order valence-corrected chi connectivity index (χ0v) is 12.1. The summed E-state index contributed by atoms with van der Waals surface area (Å²) >= 11 is 6.07. The van der Waals surface area contributed by atoms with Crippen LogP contribution in [-0.2, 0) is 6.61 Å². The highest BCUT2D eigenvalue weighted by Crippen LogP contribution is 2.28. The highest BCUT2D eigenvalue weighted by molar-refractivity contribution is 6.32. The van der Waals surface area contributed by atoms with Gasteiger partial charge in [0, 0.05) is 6.07 Å². The summed E-state index contributed by atoms with van der Waals surface area (Å²) in [5.41, 5.74) is 4.24. The van der Waals surface area contributed by atoms with Crippen LogP contribution in [0.2, 0.25) is 5.02 Å². The molecule has 3 N–H and O–H groups in total. The molecule has 2 aromatic carbocycles. The van der Waals surface area contributed by atoms with E-state index in [9.17, 15) is 10.1 Å². The molecule has 0 bridgehead atoms. The Balaban J connectivity index is 2.15. The lowest BCUT2D eigenvalue weighted by Gasteiger charge is -2.10. The van der Waals surface area contributed by atoms with Crippen molar-refractivity contribution in [3.05, 3.63) is 62.7 Å². The Morgan fingerprint density at radius 2 is 2.10 bits per heavy atom. The first-order valence-corrected chi connectivity index (χ1v) is 6.52. The number of halogens is 1. The van der Waals surface area contributed by atoms with E-state index < -0.39 is 4.92 Å². The van der Waals surface area contributed by atoms with Crippen LogP contribution in [0.1, 0.15) is 11.1 Å². The SMILES string of the molecule is Cc1ccc(OCc2ccc([N+](=O)[O-])c(NN)c2)c(Cl)c1. The van der Waals surface area contributed by atoms with Crippen LogP contribution in [-0.4, -0.2) is 4.92 Å². The van der Waals surface area contributed by atoms with E-state index in [4.69, 9.17) is 22.2 Å². The lowest BCUT2D eigenvalue weighted by atomic mass is 10.2. The van der Waals surface area contributed by atoms with Gasteiger partial charge >= 0.3 is 0 Å². The molecule has 0 saturated carbocycles. The molecule has 0 unspecified atom stereocenters. The second kappa shape index (κ2) is 6.43. The third-order valence-corrected chi connectivity index (χ3v) is 3.19. The van der Waals surface area contributed by atoms with E-state index in [-0.39, 0.29) is 18.0 Å². The van der Waals surface area contributed by atoms with Crippen LogP contribution in [0, 0.1) is 17.0 Å². The lowest BCUT2D eigenvalue weighted by Crippen LogP contribution is -2.10. The molecule has 0 spiro atoms. The lowest BCUT2D eigenvalue weighted by molar-refractivity contribution is -0.384. The van der Waals surface area contributed by atoms with Crippen molar-refractivity contribution in [2.45, 2.75) is 13.5 Å². The zero-order chi connectivity index (χ0) is 15.4. The van der Waals surface area contributed by atoms with Crippen LogP contribution in [0.25, 0.3) is 0 Å². The number of nitro benzene ring substituents is 1. The Morgan fingerprint density at radius 3 is 2.71 bits per heavy atom. The van der Waals surface area contributed by atoms with E-state index in [1.54, 1.807) is 24.3 Å². The molecule has 21 heavy (non-hydrogen) atoms. The fourth-order valence-corrected chi connectivity index (χ4v) is 2.12. The average Bonchev–Trinajstić information content (AvgIpc) is 2.45. The van der Waals surface area contributed by atoms with Gasteiger partial charge in [-0.1, -0.05) is 17.7 Å². The second-order valence-electron chi connectivity index (χ2n) is 4.48. The number of hydrazine groups is 1. The van der Waals surface area contributed by atoms with Gasteiger partial charge in [-0.3, -0.25) is 16.0 Å². The van der Waals surface area contributed by atoms with E-state index in [1.807, 2.05) is 13.0 Å². The normalized spacial score (nSPS) is 10.2. The number of nitrogen functional groups attached to an aromatic ring is 1. The maximum Gasteiger partial charge on any atom is 0.293 e. The van der Waals surface area contributed by atoms with E-state index in [0.29, 0.717) is 10.8 Å². The van der Waals surface area contributed by atoms with E-state index in [0.717, 1.165) is 11.1 Å². The van der Waals surface area contributed by atoms with Gasteiger partial charge < -0.3 is 10.2 Å². The fourth-order valence-electron chi connectivity index (χ4n) is 1.83. The summed E-state index contributed by atoms with van der Waals surface area (Å²) < 4.78 is 5.61. The largest absolute Gasteiger partial charge is 0.487 e. The molecule has 0 radical (unpaired) electrons. The minimum absolute atomic E-state index is 0.0883. The number of nitro groups is 1. The molecule has 0 aliphatic carbocycles. The Labute approximate surface area is 126 Å². The van der Waals surface area contributed by atoms with Crippen molar-refractivity contribution in [3.8, 4) is 5.75 Å². The van der Waals surface area contributed by atoms with Gasteiger partial charge in [-0.05, 0) is 42.3 Å². The average molecular weight is 308 g/mol. The van der Waals surface area contributed by atoms with Crippen molar-refractivity contribution in [3.63, 3.8) is 0 Å². The number of nitrogens with one attached hydrogen (secondary N) is 1. The summed E-state index contributed by atoms with van der Waals surface area (Å²) in [7, 11) is 0. The van der Waals surface area contributed by atoms with Crippen LogP contribution >= 0.6 is 11.6 Å². The van der Waals surface area contributed by atoms with Crippen LogP contribution in [0.5, 0.6) is 5.75 Å². The molecule has 0 aliphatic rings.